The maximum Gasteiger partial charge on any atom is 0.220 e. The SMILES string of the molecule is CCN1CCCCC1CNC(=O)CCc1ccccc1N. The molecule has 0 saturated carbocycles. The topological polar surface area (TPSA) is 58.4 Å². The smallest absolute Gasteiger partial charge is 0.220 e. The van der Waals surface area contributed by atoms with E-state index < -0.39 is 0 Å². The summed E-state index contributed by atoms with van der Waals surface area (Å²) in [5, 5.41) is 3.08. The van der Waals surface area contributed by atoms with Crippen LogP contribution in [0.5, 0.6) is 0 Å². The van der Waals surface area contributed by atoms with Crippen LogP contribution in [0.3, 0.4) is 0 Å². The minimum atomic E-state index is 0.125. The summed E-state index contributed by atoms with van der Waals surface area (Å²) < 4.78 is 0. The van der Waals surface area contributed by atoms with Crippen molar-refractivity contribution in [1.82, 2.24) is 10.2 Å². The second-order valence-corrected chi connectivity index (χ2v) is 5.78. The van der Waals surface area contributed by atoms with Crippen molar-refractivity contribution in [2.45, 2.75) is 45.1 Å². The van der Waals surface area contributed by atoms with Crippen LogP contribution >= 0.6 is 0 Å². The molecule has 1 fully saturated rings. The molecule has 2 rings (SSSR count). The first-order valence-corrected chi connectivity index (χ1v) is 8.05. The van der Waals surface area contributed by atoms with Gasteiger partial charge in [0.2, 0.25) is 5.91 Å². The van der Waals surface area contributed by atoms with Crippen LogP contribution < -0.4 is 11.1 Å². The van der Waals surface area contributed by atoms with Crippen LogP contribution in [-0.2, 0) is 11.2 Å². The van der Waals surface area contributed by atoms with Crippen molar-refractivity contribution in [1.29, 1.82) is 0 Å². The quantitative estimate of drug-likeness (QED) is 0.789. The Morgan fingerprint density at radius 2 is 2.19 bits per heavy atom. The Morgan fingerprint density at radius 3 is 2.95 bits per heavy atom. The first-order chi connectivity index (χ1) is 10.2. The lowest BCUT2D eigenvalue weighted by atomic mass is 10.0. The number of nitrogens with zero attached hydrogens (tertiary/aromatic N) is 1. The van der Waals surface area contributed by atoms with Crippen molar-refractivity contribution in [3.05, 3.63) is 29.8 Å². The van der Waals surface area contributed by atoms with Gasteiger partial charge in [0.15, 0.2) is 0 Å². The van der Waals surface area contributed by atoms with Gasteiger partial charge in [0, 0.05) is 24.7 Å². The van der Waals surface area contributed by atoms with Crippen LogP contribution in [0.25, 0.3) is 0 Å². The molecular formula is C17H27N3O. The molecule has 1 aromatic carbocycles. The minimum absolute atomic E-state index is 0.125. The number of para-hydroxylation sites is 1. The van der Waals surface area contributed by atoms with Crippen molar-refractivity contribution >= 4 is 11.6 Å². The Balaban J connectivity index is 1.73. The number of nitrogens with two attached hydrogens (primary N) is 1. The largest absolute Gasteiger partial charge is 0.399 e. The van der Waals surface area contributed by atoms with E-state index in [9.17, 15) is 4.79 Å². The van der Waals surface area contributed by atoms with Gasteiger partial charge in [-0.1, -0.05) is 31.5 Å². The van der Waals surface area contributed by atoms with Gasteiger partial charge in [-0.3, -0.25) is 9.69 Å². The van der Waals surface area contributed by atoms with Crippen LogP contribution in [-0.4, -0.2) is 36.5 Å². The highest BCUT2D eigenvalue weighted by Gasteiger charge is 2.21. The van der Waals surface area contributed by atoms with E-state index in [0.717, 1.165) is 30.9 Å². The van der Waals surface area contributed by atoms with E-state index in [1.807, 2.05) is 24.3 Å². The number of nitrogen functional groups attached to an aromatic ring is 1. The molecule has 1 aromatic rings. The molecule has 1 atom stereocenters. The predicted octanol–water partition coefficient (Wildman–Crippen LogP) is 2.19. The molecule has 0 aliphatic carbocycles. The second-order valence-electron chi connectivity index (χ2n) is 5.78. The summed E-state index contributed by atoms with van der Waals surface area (Å²) in [6.45, 7) is 5.20. The zero-order valence-electron chi connectivity index (χ0n) is 13.0. The third kappa shape index (κ3) is 4.74. The average molecular weight is 289 g/mol. The fourth-order valence-electron chi connectivity index (χ4n) is 3.04. The minimum Gasteiger partial charge on any atom is -0.399 e. The molecule has 1 amide bonds. The number of carbonyl (C=O) groups is 1. The normalized spacial score (nSPS) is 19.4. The third-order valence-corrected chi connectivity index (χ3v) is 4.37. The fourth-order valence-corrected chi connectivity index (χ4v) is 3.04. The Hall–Kier alpha value is -1.55. The Bertz CT molecular complexity index is 461. The van der Waals surface area contributed by atoms with E-state index in [-0.39, 0.29) is 5.91 Å². The number of piperidine rings is 1. The van der Waals surface area contributed by atoms with Crippen molar-refractivity contribution in [2.75, 3.05) is 25.4 Å². The lowest BCUT2D eigenvalue weighted by Crippen LogP contribution is -2.46. The Kier molecular flexibility index (Phi) is 6.05. The van der Waals surface area contributed by atoms with Gasteiger partial charge in [0.05, 0.1) is 0 Å². The second kappa shape index (κ2) is 8.03. The number of rotatable bonds is 6. The van der Waals surface area contributed by atoms with Crippen LogP contribution in [0.15, 0.2) is 24.3 Å². The number of likely N-dealkylation sites (tertiary alicyclic amines) is 1. The van der Waals surface area contributed by atoms with Crippen LogP contribution in [0.2, 0.25) is 0 Å². The van der Waals surface area contributed by atoms with Gasteiger partial charge < -0.3 is 11.1 Å². The van der Waals surface area contributed by atoms with Crippen LogP contribution in [0, 0.1) is 0 Å². The highest BCUT2D eigenvalue weighted by atomic mass is 16.1. The molecule has 4 nitrogen and oxygen atoms in total. The van der Waals surface area contributed by atoms with E-state index in [0.29, 0.717) is 18.9 Å². The van der Waals surface area contributed by atoms with E-state index in [1.165, 1.54) is 19.3 Å². The summed E-state index contributed by atoms with van der Waals surface area (Å²) in [5.41, 5.74) is 7.72. The predicted molar refractivity (Wildman–Crippen MR) is 87.1 cm³/mol. The molecule has 1 saturated heterocycles. The molecule has 1 heterocycles. The molecular weight excluding hydrogens is 262 g/mol. The number of nitrogens with one attached hydrogen (secondary N) is 1. The van der Waals surface area contributed by atoms with E-state index in [2.05, 4.69) is 17.1 Å². The Morgan fingerprint density at radius 1 is 1.38 bits per heavy atom. The zero-order chi connectivity index (χ0) is 15.1. The lowest BCUT2D eigenvalue weighted by molar-refractivity contribution is -0.121. The van der Waals surface area contributed by atoms with Crippen molar-refractivity contribution in [3.8, 4) is 0 Å². The first-order valence-electron chi connectivity index (χ1n) is 8.05. The van der Waals surface area contributed by atoms with Gasteiger partial charge in [0.1, 0.15) is 0 Å². The number of benzene rings is 1. The monoisotopic (exact) mass is 289 g/mol. The van der Waals surface area contributed by atoms with E-state index in [4.69, 9.17) is 5.73 Å². The number of anilines is 1. The number of hydrogen-bond acceptors (Lipinski definition) is 3. The van der Waals surface area contributed by atoms with Crippen molar-refractivity contribution < 1.29 is 4.79 Å². The van der Waals surface area contributed by atoms with Gasteiger partial charge in [-0.15, -0.1) is 0 Å². The fraction of sp³-hybridized carbons (Fsp3) is 0.588. The van der Waals surface area contributed by atoms with Gasteiger partial charge in [-0.05, 0) is 44.0 Å². The standard InChI is InChI=1S/C17H27N3O/c1-2-20-12-6-5-8-15(20)13-19-17(21)11-10-14-7-3-4-9-16(14)18/h3-4,7,9,15H,2,5-6,8,10-13,18H2,1H3,(H,19,21). The summed E-state index contributed by atoms with van der Waals surface area (Å²) in [4.78, 5) is 14.5. The average Bonchev–Trinajstić information content (AvgIpc) is 2.52. The van der Waals surface area contributed by atoms with Crippen LogP contribution in [0.4, 0.5) is 5.69 Å². The van der Waals surface area contributed by atoms with Crippen molar-refractivity contribution in [2.24, 2.45) is 0 Å². The number of likely N-dealkylation sites (N-methyl/N-ethyl adjacent to an activating group) is 1. The Labute approximate surface area is 127 Å². The number of carbonyl (C=O) groups excluding carboxylic acids is 1. The summed E-state index contributed by atoms with van der Waals surface area (Å²) in [7, 11) is 0. The maximum atomic E-state index is 12.0. The van der Waals surface area contributed by atoms with E-state index in [1.54, 1.807) is 0 Å². The molecule has 1 aliphatic heterocycles. The zero-order valence-corrected chi connectivity index (χ0v) is 13.0. The molecule has 0 spiro atoms. The third-order valence-electron chi connectivity index (χ3n) is 4.37. The van der Waals surface area contributed by atoms with Crippen molar-refractivity contribution in [3.63, 3.8) is 0 Å². The molecule has 4 heteroatoms. The van der Waals surface area contributed by atoms with E-state index >= 15 is 0 Å². The molecule has 116 valence electrons. The molecule has 1 aliphatic rings. The molecule has 21 heavy (non-hydrogen) atoms. The maximum absolute atomic E-state index is 12.0. The van der Waals surface area contributed by atoms with Gasteiger partial charge >= 0.3 is 0 Å². The summed E-state index contributed by atoms with van der Waals surface area (Å²) in [6.07, 6.45) is 4.97. The summed E-state index contributed by atoms with van der Waals surface area (Å²) >= 11 is 0. The molecule has 0 bridgehead atoms. The lowest BCUT2D eigenvalue weighted by Gasteiger charge is -2.34. The highest BCUT2D eigenvalue weighted by molar-refractivity contribution is 5.76. The molecule has 0 aromatic heterocycles. The van der Waals surface area contributed by atoms with Gasteiger partial charge in [0.25, 0.3) is 0 Å². The first kappa shape index (κ1) is 15.8. The number of hydrogen-bond donors (Lipinski definition) is 2. The molecule has 0 radical (unpaired) electrons. The highest BCUT2D eigenvalue weighted by Crippen LogP contribution is 2.16. The molecule has 3 N–H and O–H groups in total. The molecule has 1 unspecified atom stereocenters. The van der Waals surface area contributed by atoms with Gasteiger partial charge in [-0.2, -0.15) is 0 Å². The number of aryl methyl sites for hydroxylation is 1. The number of amides is 1. The van der Waals surface area contributed by atoms with Crippen LogP contribution in [0.1, 0.15) is 38.2 Å². The summed E-state index contributed by atoms with van der Waals surface area (Å²) in [5.74, 6) is 0.125. The summed E-state index contributed by atoms with van der Waals surface area (Å²) in [6, 6.07) is 8.26. The van der Waals surface area contributed by atoms with Gasteiger partial charge in [-0.25, -0.2) is 0 Å².